The number of rotatable bonds is 5. The lowest BCUT2D eigenvalue weighted by Gasteiger charge is -2.17. The molecule has 1 aromatic heterocycles. The van der Waals surface area contributed by atoms with Gasteiger partial charge in [0.05, 0.1) is 5.41 Å². The molecule has 1 aliphatic carbocycles. The average molecular weight is 358 g/mol. The summed E-state index contributed by atoms with van der Waals surface area (Å²) in [6, 6.07) is 17.4. The fraction of sp³-hybridized carbons (Fsp3) is 0.217. The van der Waals surface area contributed by atoms with E-state index in [9.17, 15) is 4.79 Å². The van der Waals surface area contributed by atoms with Crippen LogP contribution >= 0.6 is 0 Å². The molecule has 4 rings (SSSR count). The molecular formula is C23H22N2O2. The molecule has 4 nitrogen and oxygen atoms in total. The van der Waals surface area contributed by atoms with Crippen molar-refractivity contribution in [3.8, 4) is 11.5 Å². The third-order valence-electron chi connectivity index (χ3n) is 4.96. The van der Waals surface area contributed by atoms with E-state index in [1.54, 1.807) is 24.5 Å². The number of pyridine rings is 1. The van der Waals surface area contributed by atoms with Crippen LogP contribution in [0.1, 0.15) is 29.5 Å². The van der Waals surface area contributed by atoms with E-state index in [1.807, 2.05) is 24.3 Å². The number of carbonyl (C=O) groups excluding carboxylic acids is 1. The van der Waals surface area contributed by atoms with Crippen LogP contribution in [0.5, 0.6) is 11.5 Å². The van der Waals surface area contributed by atoms with Crippen molar-refractivity contribution in [1.82, 2.24) is 4.98 Å². The Balaban J connectivity index is 1.46. The number of nitrogens with one attached hydrogen (secondary N) is 1. The van der Waals surface area contributed by atoms with Crippen molar-refractivity contribution in [2.24, 2.45) is 0 Å². The van der Waals surface area contributed by atoms with Crippen LogP contribution in [-0.2, 0) is 10.2 Å². The van der Waals surface area contributed by atoms with E-state index in [0.717, 1.165) is 35.6 Å². The van der Waals surface area contributed by atoms with E-state index in [-0.39, 0.29) is 11.3 Å². The first-order valence-electron chi connectivity index (χ1n) is 9.13. The molecule has 27 heavy (non-hydrogen) atoms. The van der Waals surface area contributed by atoms with Gasteiger partial charge in [0.25, 0.3) is 0 Å². The average Bonchev–Trinajstić information content (AvgIpc) is 3.45. The van der Waals surface area contributed by atoms with E-state index < -0.39 is 0 Å². The summed E-state index contributed by atoms with van der Waals surface area (Å²) in [6.45, 7) is 4.15. The first-order valence-corrected chi connectivity index (χ1v) is 9.13. The Morgan fingerprint density at radius 3 is 2.11 bits per heavy atom. The molecular weight excluding hydrogens is 336 g/mol. The Morgan fingerprint density at radius 1 is 0.926 bits per heavy atom. The van der Waals surface area contributed by atoms with Crippen molar-refractivity contribution in [3.05, 3.63) is 83.7 Å². The van der Waals surface area contributed by atoms with Crippen LogP contribution < -0.4 is 10.1 Å². The van der Waals surface area contributed by atoms with E-state index in [0.29, 0.717) is 0 Å². The van der Waals surface area contributed by atoms with E-state index in [1.165, 1.54) is 11.1 Å². The second-order valence-corrected chi connectivity index (χ2v) is 7.22. The van der Waals surface area contributed by atoms with Gasteiger partial charge in [-0.15, -0.1) is 0 Å². The highest BCUT2D eigenvalue weighted by Crippen LogP contribution is 2.49. The quantitative estimate of drug-likeness (QED) is 0.685. The Labute approximate surface area is 159 Å². The molecule has 0 saturated heterocycles. The lowest BCUT2D eigenvalue weighted by atomic mass is 9.92. The predicted molar refractivity (Wildman–Crippen MR) is 106 cm³/mol. The summed E-state index contributed by atoms with van der Waals surface area (Å²) in [7, 11) is 0. The molecule has 1 heterocycles. The standard InChI is InChI=1S/C23H22N2O2/c1-16-13-17(2)15-18(14-16)23(9-10-23)22(26)25-19-3-5-20(6-4-19)27-21-7-11-24-12-8-21/h3-8,11-15H,9-10H2,1-2H3,(H,25,26). The summed E-state index contributed by atoms with van der Waals surface area (Å²) in [6.07, 6.45) is 5.16. The van der Waals surface area contributed by atoms with Crippen molar-refractivity contribution in [2.45, 2.75) is 32.1 Å². The largest absolute Gasteiger partial charge is 0.457 e. The number of carbonyl (C=O) groups is 1. The molecule has 0 aliphatic heterocycles. The van der Waals surface area contributed by atoms with Gasteiger partial charge in [0.1, 0.15) is 11.5 Å². The minimum Gasteiger partial charge on any atom is -0.457 e. The number of hydrogen-bond donors (Lipinski definition) is 1. The first-order chi connectivity index (χ1) is 13.0. The maximum absolute atomic E-state index is 12.9. The molecule has 4 heteroatoms. The van der Waals surface area contributed by atoms with Gasteiger partial charge in [-0.05, 0) is 68.7 Å². The molecule has 2 aromatic carbocycles. The fourth-order valence-corrected chi connectivity index (χ4v) is 3.42. The number of amides is 1. The van der Waals surface area contributed by atoms with Gasteiger partial charge in [-0.1, -0.05) is 29.3 Å². The van der Waals surface area contributed by atoms with Crippen molar-refractivity contribution < 1.29 is 9.53 Å². The number of anilines is 1. The molecule has 1 amide bonds. The minimum absolute atomic E-state index is 0.0651. The summed E-state index contributed by atoms with van der Waals surface area (Å²) >= 11 is 0. The van der Waals surface area contributed by atoms with E-state index >= 15 is 0 Å². The Morgan fingerprint density at radius 2 is 1.52 bits per heavy atom. The summed E-state index contributed by atoms with van der Waals surface area (Å²) in [5, 5.41) is 3.07. The number of benzene rings is 2. The van der Waals surface area contributed by atoms with E-state index in [2.05, 4.69) is 42.3 Å². The molecule has 0 bridgehead atoms. The van der Waals surface area contributed by atoms with Crippen molar-refractivity contribution in [3.63, 3.8) is 0 Å². The van der Waals surface area contributed by atoms with Crippen molar-refractivity contribution in [1.29, 1.82) is 0 Å². The third kappa shape index (κ3) is 3.70. The summed E-state index contributed by atoms with van der Waals surface area (Å²) in [5.74, 6) is 1.51. The van der Waals surface area contributed by atoms with Crippen LogP contribution in [0.4, 0.5) is 5.69 Å². The van der Waals surface area contributed by atoms with Gasteiger partial charge in [0, 0.05) is 18.1 Å². The Hall–Kier alpha value is -3.14. The highest BCUT2D eigenvalue weighted by molar-refractivity contribution is 6.01. The summed E-state index contributed by atoms with van der Waals surface area (Å²) < 4.78 is 5.76. The topological polar surface area (TPSA) is 51.2 Å². The highest BCUT2D eigenvalue weighted by atomic mass is 16.5. The fourth-order valence-electron chi connectivity index (χ4n) is 3.42. The third-order valence-corrected chi connectivity index (χ3v) is 4.96. The molecule has 1 N–H and O–H groups in total. The highest BCUT2D eigenvalue weighted by Gasteiger charge is 2.51. The minimum atomic E-state index is -0.386. The van der Waals surface area contributed by atoms with Gasteiger partial charge in [0.2, 0.25) is 5.91 Å². The molecule has 0 spiro atoms. The predicted octanol–water partition coefficient (Wildman–Crippen LogP) is 5.16. The molecule has 0 atom stereocenters. The molecule has 1 fully saturated rings. The van der Waals surface area contributed by atoms with Crippen LogP contribution in [0, 0.1) is 13.8 Å². The second-order valence-electron chi connectivity index (χ2n) is 7.22. The SMILES string of the molecule is Cc1cc(C)cc(C2(C(=O)Nc3ccc(Oc4ccncc4)cc3)CC2)c1. The summed E-state index contributed by atoms with van der Waals surface area (Å²) in [5.41, 5.74) is 3.90. The monoisotopic (exact) mass is 358 g/mol. The number of aryl methyl sites for hydroxylation is 2. The smallest absolute Gasteiger partial charge is 0.235 e. The van der Waals surface area contributed by atoms with Gasteiger partial charge in [0.15, 0.2) is 0 Å². The Bertz CT molecular complexity index is 941. The van der Waals surface area contributed by atoms with Crippen LogP contribution in [-0.4, -0.2) is 10.9 Å². The molecule has 0 unspecified atom stereocenters. The van der Waals surface area contributed by atoms with Gasteiger partial charge in [-0.25, -0.2) is 0 Å². The maximum atomic E-state index is 12.9. The van der Waals surface area contributed by atoms with Crippen LogP contribution in [0.25, 0.3) is 0 Å². The zero-order valence-electron chi connectivity index (χ0n) is 15.5. The molecule has 136 valence electrons. The lowest BCUT2D eigenvalue weighted by Crippen LogP contribution is -2.28. The second kappa shape index (κ2) is 6.88. The van der Waals surface area contributed by atoms with E-state index in [4.69, 9.17) is 4.74 Å². The van der Waals surface area contributed by atoms with Crippen LogP contribution in [0.15, 0.2) is 67.0 Å². The zero-order valence-corrected chi connectivity index (χ0v) is 15.5. The molecule has 3 aromatic rings. The summed E-state index contributed by atoms with van der Waals surface area (Å²) in [4.78, 5) is 16.9. The van der Waals surface area contributed by atoms with Crippen molar-refractivity contribution in [2.75, 3.05) is 5.32 Å². The normalized spacial score (nSPS) is 14.4. The number of aromatic nitrogens is 1. The number of hydrogen-bond acceptors (Lipinski definition) is 3. The number of nitrogens with zero attached hydrogens (tertiary/aromatic N) is 1. The molecule has 0 radical (unpaired) electrons. The Kier molecular flexibility index (Phi) is 4.40. The first kappa shape index (κ1) is 17.3. The molecule has 1 aliphatic rings. The van der Waals surface area contributed by atoms with Crippen molar-refractivity contribution >= 4 is 11.6 Å². The van der Waals surface area contributed by atoms with Crippen LogP contribution in [0.3, 0.4) is 0 Å². The van der Waals surface area contributed by atoms with Gasteiger partial charge in [-0.3, -0.25) is 9.78 Å². The lowest BCUT2D eigenvalue weighted by molar-refractivity contribution is -0.118. The molecule has 1 saturated carbocycles. The zero-order chi connectivity index (χ0) is 18.9. The van der Waals surface area contributed by atoms with Gasteiger partial charge in [-0.2, -0.15) is 0 Å². The van der Waals surface area contributed by atoms with Gasteiger partial charge < -0.3 is 10.1 Å². The maximum Gasteiger partial charge on any atom is 0.235 e. The number of ether oxygens (including phenoxy) is 1. The van der Waals surface area contributed by atoms with Gasteiger partial charge >= 0.3 is 0 Å². The van der Waals surface area contributed by atoms with Crippen LogP contribution in [0.2, 0.25) is 0 Å².